The van der Waals surface area contributed by atoms with Crippen LogP contribution in [0.4, 0.5) is 0 Å². The minimum atomic E-state index is 0.0462. The predicted octanol–water partition coefficient (Wildman–Crippen LogP) is 1.93. The Balaban J connectivity index is 2.33. The second kappa shape index (κ2) is 6.03. The molecule has 0 unspecified atom stereocenters. The molecule has 0 aliphatic rings. The van der Waals surface area contributed by atoms with Gasteiger partial charge in [0.15, 0.2) is 5.11 Å². The number of hydrazone groups is 1. The summed E-state index contributed by atoms with van der Waals surface area (Å²) in [4.78, 5) is 0. The number of nitrogens with two attached hydrogens (primary N) is 1. The fraction of sp³-hybridized carbons (Fsp3) is 0. The van der Waals surface area contributed by atoms with Gasteiger partial charge in [0.05, 0.1) is 6.21 Å². The highest BCUT2D eigenvalue weighted by atomic mass is 32.1. The average Bonchev–Trinajstić information content (AvgIpc) is 2.40. The van der Waals surface area contributed by atoms with E-state index < -0.39 is 0 Å². The molecule has 0 fully saturated rings. The number of nitrogens with zero attached hydrogens (tertiary/aromatic N) is 1. The number of hydrogen-bond donors (Lipinski definition) is 4. The lowest BCUT2D eigenvalue weighted by Gasteiger charge is -2.05. The number of phenolic OH excluding ortho intramolecular Hbond substituents is 2. The number of nitrogens with one attached hydrogen (secondary N) is 1. The molecule has 2 aromatic rings. The maximum Gasteiger partial charge on any atom is 0.184 e. The van der Waals surface area contributed by atoms with Gasteiger partial charge in [-0.1, -0.05) is 18.2 Å². The Labute approximate surface area is 121 Å². The van der Waals surface area contributed by atoms with Crippen molar-refractivity contribution < 1.29 is 10.2 Å². The Morgan fingerprint density at radius 3 is 2.60 bits per heavy atom. The first-order valence-corrected chi connectivity index (χ1v) is 6.18. The van der Waals surface area contributed by atoms with Crippen molar-refractivity contribution in [1.82, 2.24) is 5.43 Å². The van der Waals surface area contributed by atoms with E-state index >= 15 is 0 Å². The second-order valence-electron chi connectivity index (χ2n) is 4.06. The molecular formula is C14H13N3O2S. The molecule has 0 amide bonds. The number of hydrogen-bond acceptors (Lipinski definition) is 4. The van der Waals surface area contributed by atoms with Crippen molar-refractivity contribution in [1.29, 1.82) is 0 Å². The van der Waals surface area contributed by atoms with E-state index in [1.54, 1.807) is 36.4 Å². The standard InChI is InChI=1S/C14H13N3O2S/c15-14(20)17-16-8-11-6-10(4-5-13(11)19)9-2-1-3-12(18)7-9/h1-8,18-19H,(H3,15,17,20)/b16-8+. The van der Waals surface area contributed by atoms with Crippen molar-refractivity contribution in [3.63, 3.8) is 0 Å². The maximum absolute atomic E-state index is 9.77. The molecule has 0 saturated carbocycles. The minimum Gasteiger partial charge on any atom is -0.508 e. The molecular weight excluding hydrogens is 274 g/mol. The Morgan fingerprint density at radius 2 is 1.90 bits per heavy atom. The van der Waals surface area contributed by atoms with Gasteiger partial charge in [-0.15, -0.1) is 0 Å². The van der Waals surface area contributed by atoms with Gasteiger partial charge in [-0.3, -0.25) is 5.43 Å². The Bertz CT molecular complexity index is 671. The summed E-state index contributed by atoms with van der Waals surface area (Å²) in [6.07, 6.45) is 1.42. The number of rotatable bonds is 3. The highest BCUT2D eigenvalue weighted by Crippen LogP contribution is 2.27. The Morgan fingerprint density at radius 1 is 1.15 bits per heavy atom. The topological polar surface area (TPSA) is 90.9 Å². The Hall–Kier alpha value is -2.60. The molecule has 0 radical (unpaired) electrons. The zero-order valence-electron chi connectivity index (χ0n) is 10.4. The fourth-order valence-electron chi connectivity index (χ4n) is 1.69. The molecule has 0 saturated heterocycles. The lowest BCUT2D eigenvalue weighted by atomic mass is 10.0. The van der Waals surface area contributed by atoms with Gasteiger partial charge in [-0.2, -0.15) is 5.10 Å². The van der Waals surface area contributed by atoms with Crippen LogP contribution < -0.4 is 11.2 Å². The molecule has 2 rings (SSSR count). The molecule has 0 aliphatic heterocycles. The van der Waals surface area contributed by atoms with Crippen LogP contribution in [-0.2, 0) is 0 Å². The molecule has 0 atom stereocenters. The summed E-state index contributed by atoms with van der Waals surface area (Å²) in [5, 5.41) is 23.1. The van der Waals surface area contributed by atoms with Gasteiger partial charge in [0.2, 0.25) is 0 Å². The molecule has 0 aromatic heterocycles. The maximum atomic E-state index is 9.77. The largest absolute Gasteiger partial charge is 0.508 e. The van der Waals surface area contributed by atoms with Crippen molar-refractivity contribution in [2.45, 2.75) is 0 Å². The summed E-state index contributed by atoms with van der Waals surface area (Å²) in [6, 6.07) is 11.9. The van der Waals surface area contributed by atoms with Gasteiger partial charge in [0.1, 0.15) is 11.5 Å². The van der Waals surface area contributed by atoms with Crippen LogP contribution >= 0.6 is 12.2 Å². The van der Waals surface area contributed by atoms with E-state index in [9.17, 15) is 10.2 Å². The second-order valence-corrected chi connectivity index (χ2v) is 4.50. The van der Waals surface area contributed by atoms with Crippen molar-refractivity contribution in [2.24, 2.45) is 10.8 Å². The first kappa shape index (κ1) is 13.8. The summed E-state index contributed by atoms with van der Waals surface area (Å²) in [6.45, 7) is 0. The van der Waals surface area contributed by atoms with Crippen molar-refractivity contribution in [2.75, 3.05) is 0 Å². The quantitative estimate of drug-likeness (QED) is 0.393. The summed E-state index contributed by atoms with van der Waals surface area (Å²) in [7, 11) is 0. The minimum absolute atomic E-state index is 0.0462. The van der Waals surface area contributed by atoms with Crippen LogP contribution in [-0.4, -0.2) is 21.5 Å². The van der Waals surface area contributed by atoms with Crippen molar-refractivity contribution in [3.05, 3.63) is 48.0 Å². The molecule has 6 heteroatoms. The van der Waals surface area contributed by atoms with E-state index in [4.69, 9.17) is 5.73 Å². The molecule has 0 bridgehead atoms. The summed E-state index contributed by atoms with van der Waals surface area (Å²) in [5.74, 6) is 0.267. The first-order chi connectivity index (χ1) is 9.56. The van der Waals surface area contributed by atoms with Gasteiger partial charge in [0, 0.05) is 5.56 Å². The van der Waals surface area contributed by atoms with E-state index in [1.165, 1.54) is 6.21 Å². The summed E-state index contributed by atoms with van der Waals surface area (Å²) in [5.41, 5.74) is 9.85. The monoisotopic (exact) mass is 287 g/mol. The van der Waals surface area contributed by atoms with E-state index in [2.05, 4.69) is 22.7 Å². The van der Waals surface area contributed by atoms with Crippen molar-refractivity contribution in [3.8, 4) is 22.6 Å². The van der Waals surface area contributed by atoms with Crippen LogP contribution in [0.25, 0.3) is 11.1 Å². The van der Waals surface area contributed by atoms with Crippen LogP contribution in [0.1, 0.15) is 5.56 Å². The molecule has 5 nitrogen and oxygen atoms in total. The normalized spacial score (nSPS) is 10.6. The van der Waals surface area contributed by atoms with Gasteiger partial charge in [-0.25, -0.2) is 0 Å². The van der Waals surface area contributed by atoms with E-state index in [-0.39, 0.29) is 16.6 Å². The predicted molar refractivity (Wildman–Crippen MR) is 82.7 cm³/mol. The van der Waals surface area contributed by atoms with Crippen LogP contribution in [0.2, 0.25) is 0 Å². The van der Waals surface area contributed by atoms with E-state index in [0.717, 1.165) is 11.1 Å². The van der Waals surface area contributed by atoms with Crippen LogP contribution in [0.3, 0.4) is 0 Å². The van der Waals surface area contributed by atoms with Crippen LogP contribution in [0.5, 0.6) is 11.5 Å². The zero-order chi connectivity index (χ0) is 14.5. The SMILES string of the molecule is NC(=S)N/N=C/c1cc(-c2cccc(O)c2)ccc1O. The van der Waals surface area contributed by atoms with Gasteiger partial charge < -0.3 is 15.9 Å². The summed E-state index contributed by atoms with van der Waals surface area (Å²) >= 11 is 4.62. The smallest absolute Gasteiger partial charge is 0.184 e. The average molecular weight is 287 g/mol. The molecule has 0 spiro atoms. The summed E-state index contributed by atoms with van der Waals surface area (Å²) < 4.78 is 0. The number of phenols is 2. The zero-order valence-corrected chi connectivity index (χ0v) is 11.3. The van der Waals surface area contributed by atoms with Crippen molar-refractivity contribution >= 4 is 23.5 Å². The fourth-order valence-corrected chi connectivity index (χ4v) is 1.74. The number of aromatic hydroxyl groups is 2. The van der Waals surface area contributed by atoms with E-state index in [1.807, 2.05) is 6.07 Å². The van der Waals surface area contributed by atoms with Gasteiger partial charge in [0.25, 0.3) is 0 Å². The molecule has 2 aromatic carbocycles. The Kier molecular flexibility index (Phi) is 4.17. The number of benzene rings is 2. The highest BCUT2D eigenvalue weighted by Gasteiger charge is 2.03. The third-order valence-electron chi connectivity index (χ3n) is 2.59. The highest BCUT2D eigenvalue weighted by molar-refractivity contribution is 7.80. The lowest BCUT2D eigenvalue weighted by Crippen LogP contribution is -2.23. The molecule has 20 heavy (non-hydrogen) atoms. The van der Waals surface area contributed by atoms with Crippen LogP contribution in [0.15, 0.2) is 47.6 Å². The van der Waals surface area contributed by atoms with Crippen LogP contribution in [0, 0.1) is 0 Å². The molecule has 5 N–H and O–H groups in total. The lowest BCUT2D eigenvalue weighted by molar-refractivity contribution is 0.474. The first-order valence-electron chi connectivity index (χ1n) is 5.77. The molecule has 0 aliphatic carbocycles. The third-order valence-corrected chi connectivity index (χ3v) is 2.68. The molecule has 0 heterocycles. The molecule has 102 valence electrons. The van der Waals surface area contributed by atoms with Gasteiger partial charge in [-0.05, 0) is 47.6 Å². The van der Waals surface area contributed by atoms with E-state index in [0.29, 0.717) is 5.56 Å². The van der Waals surface area contributed by atoms with Gasteiger partial charge >= 0.3 is 0 Å². The number of thiocarbonyl (C=S) groups is 1. The third kappa shape index (κ3) is 3.46.